The number of aromatic nitrogens is 2. The number of ether oxygens (including phenoxy) is 2. The van der Waals surface area contributed by atoms with E-state index in [0.29, 0.717) is 37.6 Å². The van der Waals surface area contributed by atoms with Crippen molar-refractivity contribution in [1.82, 2.24) is 14.9 Å². The minimum absolute atomic E-state index is 0.0109. The maximum Gasteiger partial charge on any atom is 0.248 e. The molecular formula is C24H30N4O4. The number of aryl methyl sites for hydroxylation is 1. The average Bonchev–Trinajstić information content (AvgIpc) is 2.81. The molecule has 2 amide bonds. The van der Waals surface area contributed by atoms with Crippen molar-refractivity contribution >= 4 is 17.6 Å². The quantitative estimate of drug-likeness (QED) is 0.689. The van der Waals surface area contributed by atoms with Gasteiger partial charge in [-0.2, -0.15) is 0 Å². The topological polar surface area (TPSA) is 84.9 Å². The number of carbonyl (C=O) groups is 2. The largest absolute Gasteiger partial charge is 0.497 e. The van der Waals surface area contributed by atoms with Crippen LogP contribution in [0.3, 0.4) is 0 Å². The second-order valence-corrected chi connectivity index (χ2v) is 8.41. The summed E-state index contributed by atoms with van der Waals surface area (Å²) in [5, 5.41) is 0. The Bertz CT molecular complexity index is 992. The van der Waals surface area contributed by atoms with Crippen molar-refractivity contribution in [2.24, 2.45) is 0 Å². The highest BCUT2D eigenvalue weighted by Gasteiger charge is 2.31. The van der Waals surface area contributed by atoms with Crippen molar-refractivity contribution in [1.29, 1.82) is 0 Å². The zero-order chi connectivity index (χ0) is 22.7. The van der Waals surface area contributed by atoms with Gasteiger partial charge in [0.1, 0.15) is 24.0 Å². The molecule has 170 valence electrons. The number of rotatable bonds is 6. The van der Waals surface area contributed by atoms with Crippen LogP contribution < -0.4 is 9.64 Å². The number of fused-ring (bicyclic) bond motifs is 1. The lowest BCUT2D eigenvalue weighted by molar-refractivity contribution is -0.136. The summed E-state index contributed by atoms with van der Waals surface area (Å²) in [6.45, 7) is 3.83. The summed E-state index contributed by atoms with van der Waals surface area (Å²) in [5.41, 5.74) is 2.96. The third-order valence-electron chi connectivity index (χ3n) is 6.26. The Morgan fingerprint density at radius 3 is 2.66 bits per heavy atom. The van der Waals surface area contributed by atoms with Gasteiger partial charge in [0, 0.05) is 43.8 Å². The molecule has 0 unspecified atom stereocenters. The molecule has 2 aliphatic rings. The summed E-state index contributed by atoms with van der Waals surface area (Å²) >= 11 is 0. The predicted molar refractivity (Wildman–Crippen MR) is 120 cm³/mol. The number of benzene rings is 1. The fraction of sp³-hybridized carbons (Fsp3) is 0.500. The molecule has 0 radical (unpaired) electrons. The molecule has 1 aromatic heterocycles. The first-order chi connectivity index (χ1) is 15.5. The Balaban J connectivity index is 1.61. The maximum absolute atomic E-state index is 12.9. The number of methoxy groups -OCH3 is 2. The summed E-state index contributed by atoms with van der Waals surface area (Å²) in [7, 11) is 3.17. The van der Waals surface area contributed by atoms with Gasteiger partial charge in [0.25, 0.3) is 0 Å². The van der Waals surface area contributed by atoms with Gasteiger partial charge in [0.15, 0.2) is 0 Å². The van der Waals surface area contributed by atoms with Crippen LogP contribution in [0.5, 0.6) is 5.75 Å². The van der Waals surface area contributed by atoms with Crippen LogP contribution in [-0.2, 0) is 27.3 Å². The molecule has 1 saturated heterocycles. The van der Waals surface area contributed by atoms with Gasteiger partial charge in [-0.05, 0) is 43.9 Å². The number of anilines is 1. The van der Waals surface area contributed by atoms with E-state index in [-0.39, 0.29) is 24.3 Å². The third kappa shape index (κ3) is 4.60. The molecule has 2 aliphatic heterocycles. The first kappa shape index (κ1) is 22.2. The molecule has 0 bridgehead atoms. The van der Waals surface area contributed by atoms with Crippen LogP contribution in [0.15, 0.2) is 24.3 Å². The monoisotopic (exact) mass is 438 g/mol. The van der Waals surface area contributed by atoms with Gasteiger partial charge in [-0.3, -0.25) is 14.5 Å². The molecule has 0 N–H and O–H groups in total. The lowest BCUT2D eigenvalue weighted by Crippen LogP contribution is -2.41. The van der Waals surface area contributed by atoms with E-state index in [1.165, 1.54) is 7.11 Å². The van der Waals surface area contributed by atoms with E-state index in [4.69, 9.17) is 19.4 Å². The number of nitrogens with zero attached hydrogens (tertiary/aromatic N) is 4. The molecule has 1 fully saturated rings. The molecule has 0 spiro atoms. The Kier molecular flexibility index (Phi) is 6.69. The van der Waals surface area contributed by atoms with E-state index in [1.807, 2.05) is 36.1 Å². The first-order valence-corrected chi connectivity index (χ1v) is 11.1. The van der Waals surface area contributed by atoms with Crippen molar-refractivity contribution in [3.05, 3.63) is 46.9 Å². The van der Waals surface area contributed by atoms with Gasteiger partial charge in [0.05, 0.1) is 13.7 Å². The average molecular weight is 439 g/mol. The minimum Gasteiger partial charge on any atom is -0.497 e. The van der Waals surface area contributed by atoms with Crippen LogP contribution in [0, 0.1) is 6.92 Å². The van der Waals surface area contributed by atoms with Crippen molar-refractivity contribution in [3.8, 4) is 5.75 Å². The predicted octanol–water partition coefficient (Wildman–Crippen LogP) is 2.63. The van der Waals surface area contributed by atoms with E-state index in [0.717, 1.165) is 42.0 Å². The van der Waals surface area contributed by atoms with E-state index in [2.05, 4.69) is 0 Å². The van der Waals surface area contributed by atoms with Crippen LogP contribution in [0.1, 0.15) is 47.8 Å². The van der Waals surface area contributed by atoms with E-state index in [1.54, 1.807) is 12.0 Å². The highest BCUT2D eigenvalue weighted by atomic mass is 16.5. The third-order valence-corrected chi connectivity index (χ3v) is 6.26. The molecule has 1 aromatic carbocycles. The summed E-state index contributed by atoms with van der Waals surface area (Å²) in [4.78, 5) is 38.5. The number of hydrogen-bond acceptors (Lipinski definition) is 6. The van der Waals surface area contributed by atoms with Crippen molar-refractivity contribution in [2.75, 3.05) is 38.8 Å². The lowest BCUT2D eigenvalue weighted by Gasteiger charge is -2.34. The van der Waals surface area contributed by atoms with Crippen LogP contribution in [0.2, 0.25) is 0 Å². The Morgan fingerprint density at radius 2 is 1.94 bits per heavy atom. The van der Waals surface area contributed by atoms with Crippen LogP contribution in [0.4, 0.5) is 5.82 Å². The Morgan fingerprint density at radius 1 is 1.16 bits per heavy atom. The first-order valence-electron chi connectivity index (χ1n) is 11.1. The standard InChI is InChI=1S/C24H30N4O4/c1-16-20-10-11-21(29)28(13-17-6-8-19(32-3)9-7-17)24(20)26-23(25-16)18-5-4-12-27(14-18)22(30)15-31-2/h6-9,18H,4-5,10-15H2,1-3H3/t18-/m0/s1. The Labute approximate surface area is 188 Å². The zero-order valence-electron chi connectivity index (χ0n) is 19.0. The molecule has 3 heterocycles. The normalized spacial score (nSPS) is 18.5. The maximum atomic E-state index is 12.9. The highest BCUT2D eigenvalue weighted by Crippen LogP contribution is 2.33. The van der Waals surface area contributed by atoms with Crippen molar-refractivity contribution in [2.45, 2.75) is 45.1 Å². The fourth-order valence-electron chi connectivity index (χ4n) is 4.49. The van der Waals surface area contributed by atoms with Gasteiger partial charge in [0.2, 0.25) is 11.8 Å². The smallest absolute Gasteiger partial charge is 0.248 e. The molecule has 1 atom stereocenters. The number of hydrogen-bond donors (Lipinski definition) is 0. The molecule has 2 aromatic rings. The summed E-state index contributed by atoms with van der Waals surface area (Å²) in [6.07, 6.45) is 2.92. The van der Waals surface area contributed by atoms with Gasteiger partial charge < -0.3 is 14.4 Å². The number of amides is 2. The number of likely N-dealkylation sites (tertiary alicyclic amines) is 1. The van der Waals surface area contributed by atoms with Crippen molar-refractivity contribution < 1.29 is 19.1 Å². The van der Waals surface area contributed by atoms with Crippen molar-refractivity contribution in [3.63, 3.8) is 0 Å². The Hall–Kier alpha value is -3.00. The molecule has 32 heavy (non-hydrogen) atoms. The summed E-state index contributed by atoms with van der Waals surface area (Å²) < 4.78 is 10.3. The number of carbonyl (C=O) groups excluding carboxylic acids is 2. The lowest BCUT2D eigenvalue weighted by atomic mass is 9.95. The van der Waals surface area contributed by atoms with Crippen LogP contribution in [-0.4, -0.2) is 60.6 Å². The second-order valence-electron chi connectivity index (χ2n) is 8.41. The fourth-order valence-corrected chi connectivity index (χ4v) is 4.49. The minimum atomic E-state index is -0.0109. The zero-order valence-corrected chi connectivity index (χ0v) is 19.0. The van der Waals surface area contributed by atoms with E-state index < -0.39 is 0 Å². The highest BCUT2D eigenvalue weighted by molar-refractivity contribution is 5.95. The van der Waals surface area contributed by atoms with E-state index in [9.17, 15) is 9.59 Å². The SMILES string of the molecule is COCC(=O)N1CCC[C@H](c2nc(C)c3c(n2)N(Cc2ccc(OC)cc2)C(=O)CC3)C1. The molecule has 8 heteroatoms. The molecule has 0 aliphatic carbocycles. The second kappa shape index (κ2) is 9.65. The molecule has 8 nitrogen and oxygen atoms in total. The molecule has 0 saturated carbocycles. The van der Waals surface area contributed by atoms with Gasteiger partial charge >= 0.3 is 0 Å². The molecular weight excluding hydrogens is 408 g/mol. The summed E-state index contributed by atoms with van der Waals surface area (Å²) in [5.74, 6) is 2.31. The van der Waals surface area contributed by atoms with Gasteiger partial charge in [-0.1, -0.05) is 12.1 Å². The molecule has 4 rings (SSSR count). The van der Waals surface area contributed by atoms with E-state index >= 15 is 0 Å². The van der Waals surface area contributed by atoms with Gasteiger partial charge in [-0.15, -0.1) is 0 Å². The van der Waals surface area contributed by atoms with Gasteiger partial charge in [-0.25, -0.2) is 9.97 Å². The number of piperidine rings is 1. The summed E-state index contributed by atoms with van der Waals surface area (Å²) in [6, 6.07) is 7.73. The van der Waals surface area contributed by atoms with Crippen LogP contribution in [0.25, 0.3) is 0 Å². The van der Waals surface area contributed by atoms with Crippen LogP contribution >= 0.6 is 0 Å².